The second-order valence-corrected chi connectivity index (χ2v) is 9.82. The van der Waals surface area contributed by atoms with Gasteiger partial charge < -0.3 is 19.3 Å². The van der Waals surface area contributed by atoms with Gasteiger partial charge in [-0.25, -0.2) is 4.39 Å². The van der Waals surface area contributed by atoms with Crippen molar-refractivity contribution in [3.05, 3.63) is 81.3 Å². The van der Waals surface area contributed by atoms with Crippen molar-refractivity contribution in [2.45, 2.75) is 31.3 Å². The summed E-state index contributed by atoms with van der Waals surface area (Å²) in [6.45, 7) is 0.711. The van der Waals surface area contributed by atoms with Crippen LogP contribution < -0.4 is 9.47 Å². The van der Waals surface area contributed by atoms with E-state index in [1.54, 1.807) is 46.6 Å². The molecule has 3 aliphatic rings. The van der Waals surface area contributed by atoms with Crippen molar-refractivity contribution >= 4 is 23.2 Å². The standard InChI is InChI=1S/C26H23FN2O4S/c27-18-4-1-16(2-5-18)25-20-10-12-34-23(20)9-11-28(25)24(30)14-29(19-6-7-19)26(31)17-3-8-21-22(13-17)33-15-32-21/h1-5,8,10,12-13,19,25H,6-7,9,11,14-15H2. The highest BCUT2D eigenvalue weighted by Gasteiger charge is 2.38. The Morgan fingerprint density at radius 1 is 1.06 bits per heavy atom. The van der Waals surface area contributed by atoms with Gasteiger partial charge in [0.1, 0.15) is 12.4 Å². The van der Waals surface area contributed by atoms with Gasteiger partial charge in [-0.2, -0.15) is 0 Å². The van der Waals surface area contributed by atoms with E-state index in [0.29, 0.717) is 23.6 Å². The molecule has 1 fully saturated rings. The van der Waals surface area contributed by atoms with Crippen LogP contribution in [0.1, 0.15) is 45.2 Å². The second-order valence-electron chi connectivity index (χ2n) is 8.82. The number of halogens is 1. The first kappa shape index (κ1) is 21.2. The molecule has 0 bridgehead atoms. The minimum Gasteiger partial charge on any atom is -0.454 e. The highest BCUT2D eigenvalue weighted by atomic mass is 32.1. The average Bonchev–Trinajstić information content (AvgIpc) is 3.38. The van der Waals surface area contributed by atoms with E-state index in [1.807, 2.05) is 16.3 Å². The van der Waals surface area contributed by atoms with Gasteiger partial charge in [-0.3, -0.25) is 9.59 Å². The molecule has 1 aromatic heterocycles. The summed E-state index contributed by atoms with van der Waals surface area (Å²) in [5, 5.41) is 2.04. The number of carbonyl (C=O) groups excluding carboxylic acids is 2. The van der Waals surface area contributed by atoms with Crippen LogP contribution in [0.4, 0.5) is 4.39 Å². The van der Waals surface area contributed by atoms with Gasteiger partial charge in [0, 0.05) is 23.0 Å². The Kier molecular flexibility index (Phi) is 5.25. The zero-order valence-electron chi connectivity index (χ0n) is 18.4. The molecular weight excluding hydrogens is 455 g/mol. The average molecular weight is 479 g/mol. The minimum atomic E-state index is -0.308. The van der Waals surface area contributed by atoms with Crippen molar-refractivity contribution in [3.63, 3.8) is 0 Å². The fourth-order valence-electron chi connectivity index (χ4n) is 4.77. The smallest absolute Gasteiger partial charge is 0.254 e. The van der Waals surface area contributed by atoms with Crippen LogP contribution in [0.5, 0.6) is 11.5 Å². The van der Waals surface area contributed by atoms with Gasteiger partial charge in [-0.15, -0.1) is 11.3 Å². The van der Waals surface area contributed by atoms with Gasteiger partial charge in [-0.1, -0.05) is 12.1 Å². The molecule has 0 N–H and O–H groups in total. The number of thiophene rings is 1. The van der Waals surface area contributed by atoms with Crippen LogP contribution in [-0.2, 0) is 11.2 Å². The van der Waals surface area contributed by atoms with Crippen molar-refractivity contribution in [2.24, 2.45) is 0 Å². The lowest BCUT2D eigenvalue weighted by Gasteiger charge is -2.37. The zero-order chi connectivity index (χ0) is 23.2. The predicted molar refractivity (Wildman–Crippen MR) is 125 cm³/mol. The number of amides is 2. The largest absolute Gasteiger partial charge is 0.454 e. The third-order valence-electron chi connectivity index (χ3n) is 6.65. The van der Waals surface area contributed by atoms with Crippen LogP contribution in [0.25, 0.3) is 0 Å². The van der Waals surface area contributed by atoms with Crippen LogP contribution in [0.3, 0.4) is 0 Å². The van der Waals surface area contributed by atoms with E-state index in [1.165, 1.54) is 17.0 Å². The van der Waals surface area contributed by atoms with E-state index in [9.17, 15) is 14.0 Å². The molecule has 1 atom stereocenters. The molecule has 2 amide bonds. The summed E-state index contributed by atoms with van der Waals surface area (Å²) in [7, 11) is 0. The number of fused-ring (bicyclic) bond motifs is 2. The lowest BCUT2D eigenvalue weighted by atomic mass is 9.93. The summed E-state index contributed by atoms with van der Waals surface area (Å²) >= 11 is 1.68. The molecule has 2 aromatic carbocycles. The van der Waals surface area contributed by atoms with E-state index in [-0.39, 0.29) is 43.1 Å². The number of hydrogen-bond donors (Lipinski definition) is 0. The number of nitrogens with zero attached hydrogens (tertiary/aromatic N) is 2. The maximum absolute atomic E-state index is 13.7. The summed E-state index contributed by atoms with van der Waals surface area (Å²) in [4.78, 5) is 31.8. The van der Waals surface area contributed by atoms with Crippen LogP contribution in [0.15, 0.2) is 53.9 Å². The topological polar surface area (TPSA) is 59.1 Å². The molecule has 1 unspecified atom stereocenters. The van der Waals surface area contributed by atoms with Gasteiger partial charge in [0.2, 0.25) is 12.7 Å². The molecular formula is C26H23FN2O4S. The van der Waals surface area contributed by atoms with Crippen molar-refractivity contribution in [3.8, 4) is 11.5 Å². The lowest BCUT2D eigenvalue weighted by Crippen LogP contribution is -2.47. The van der Waals surface area contributed by atoms with Gasteiger partial charge in [0.25, 0.3) is 5.91 Å². The number of hydrogen-bond acceptors (Lipinski definition) is 5. The van der Waals surface area contributed by atoms with Gasteiger partial charge >= 0.3 is 0 Å². The van der Waals surface area contributed by atoms with Crippen LogP contribution in [0.2, 0.25) is 0 Å². The Balaban J connectivity index is 1.27. The third-order valence-corrected chi connectivity index (χ3v) is 7.64. The van der Waals surface area contributed by atoms with Crippen molar-refractivity contribution < 1.29 is 23.5 Å². The molecule has 1 saturated carbocycles. The maximum Gasteiger partial charge on any atom is 0.254 e. The van der Waals surface area contributed by atoms with Crippen molar-refractivity contribution in [1.29, 1.82) is 0 Å². The van der Waals surface area contributed by atoms with Crippen LogP contribution >= 0.6 is 11.3 Å². The normalized spacial score (nSPS) is 18.5. The quantitative estimate of drug-likeness (QED) is 0.546. The Hall–Kier alpha value is -3.39. The number of rotatable bonds is 5. The van der Waals surface area contributed by atoms with E-state index in [2.05, 4.69) is 0 Å². The molecule has 0 radical (unpaired) electrons. The summed E-state index contributed by atoms with van der Waals surface area (Å²) in [5.74, 6) is 0.572. The highest BCUT2D eigenvalue weighted by molar-refractivity contribution is 7.10. The van der Waals surface area contributed by atoms with E-state index in [0.717, 1.165) is 30.4 Å². The summed E-state index contributed by atoms with van der Waals surface area (Å²) < 4.78 is 24.4. The Bertz CT molecular complexity index is 1250. The Morgan fingerprint density at radius 2 is 1.85 bits per heavy atom. The lowest BCUT2D eigenvalue weighted by molar-refractivity contribution is -0.134. The SMILES string of the molecule is O=C(c1ccc2c(c1)OCO2)N(CC(=O)N1CCc2sccc2C1c1ccc(F)cc1)C1CC1. The first-order chi connectivity index (χ1) is 16.6. The number of benzene rings is 2. The van der Waals surface area contributed by atoms with Gasteiger partial charge in [0.05, 0.1) is 6.04 Å². The molecule has 3 aromatic rings. The number of ether oxygens (including phenoxy) is 2. The molecule has 6 nitrogen and oxygen atoms in total. The highest BCUT2D eigenvalue weighted by Crippen LogP contribution is 2.39. The van der Waals surface area contributed by atoms with Crippen molar-refractivity contribution in [1.82, 2.24) is 9.80 Å². The zero-order valence-corrected chi connectivity index (χ0v) is 19.2. The molecule has 0 saturated heterocycles. The second kappa shape index (κ2) is 8.43. The molecule has 174 valence electrons. The fourth-order valence-corrected chi connectivity index (χ4v) is 5.68. The summed E-state index contributed by atoms with van der Waals surface area (Å²) in [5.41, 5.74) is 2.43. The molecule has 34 heavy (non-hydrogen) atoms. The Labute approximate surface area is 200 Å². The van der Waals surface area contributed by atoms with Crippen LogP contribution in [-0.4, -0.2) is 47.5 Å². The summed E-state index contributed by atoms with van der Waals surface area (Å²) in [6.07, 6.45) is 2.55. The minimum absolute atomic E-state index is 0.00903. The maximum atomic E-state index is 13.7. The monoisotopic (exact) mass is 478 g/mol. The molecule has 0 spiro atoms. The van der Waals surface area contributed by atoms with Crippen molar-refractivity contribution in [2.75, 3.05) is 19.9 Å². The molecule has 3 heterocycles. The van der Waals surface area contributed by atoms with Gasteiger partial charge in [-0.05, 0) is 72.2 Å². The molecule has 2 aliphatic heterocycles. The summed E-state index contributed by atoms with van der Waals surface area (Å²) in [6, 6.07) is 13.3. The van der Waals surface area contributed by atoms with E-state index >= 15 is 0 Å². The first-order valence-electron chi connectivity index (χ1n) is 11.4. The first-order valence-corrected chi connectivity index (χ1v) is 12.3. The Morgan fingerprint density at radius 3 is 2.65 bits per heavy atom. The number of carbonyl (C=O) groups is 2. The van der Waals surface area contributed by atoms with E-state index < -0.39 is 0 Å². The molecule has 1 aliphatic carbocycles. The molecule has 6 rings (SSSR count). The third kappa shape index (κ3) is 3.81. The van der Waals surface area contributed by atoms with E-state index in [4.69, 9.17) is 9.47 Å². The van der Waals surface area contributed by atoms with Crippen LogP contribution in [0, 0.1) is 5.82 Å². The molecule has 8 heteroatoms. The van der Waals surface area contributed by atoms with Gasteiger partial charge in [0.15, 0.2) is 11.5 Å². The fraction of sp³-hybridized carbons (Fsp3) is 0.308. The predicted octanol–water partition coefficient (Wildman–Crippen LogP) is 4.39.